The van der Waals surface area contributed by atoms with Crippen LogP contribution in [0.15, 0.2) is 65.4 Å². The summed E-state index contributed by atoms with van der Waals surface area (Å²) >= 11 is 0. The van der Waals surface area contributed by atoms with Gasteiger partial charge in [0.05, 0.1) is 24.1 Å². The van der Waals surface area contributed by atoms with Crippen LogP contribution in [-0.4, -0.2) is 24.8 Å². The van der Waals surface area contributed by atoms with Gasteiger partial charge in [-0.2, -0.15) is 10.1 Å². The molecule has 144 valence electrons. The van der Waals surface area contributed by atoms with E-state index in [0.29, 0.717) is 22.7 Å². The minimum atomic E-state index is -0.580. The molecule has 3 rings (SSSR count). The van der Waals surface area contributed by atoms with Gasteiger partial charge in [-0.1, -0.05) is 31.2 Å². The number of hydrogen-bond donors (Lipinski definition) is 2. The van der Waals surface area contributed by atoms with E-state index in [1.807, 2.05) is 24.3 Å². The molecule has 0 aromatic heterocycles. The minimum absolute atomic E-state index is 0.241. The molecule has 2 N–H and O–H groups in total. The van der Waals surface area contributed by atoms with Gasteiger partial charge in [-0.15, -0.1) is 0 Å². The predicted octanol–water partition coefficient (Wildman–Crippen LogP) is 4.15. The number of benzene rings is 2. The van der Waals surface area contributed by atoms with Crippen LogP contribution in [0.1, 0.15) is 19.4 Å². The van der Waals surface area contributed by atoms with Crippen LogP contribution in [0.2, 0.25) is 0 Å². The first-order valence-corrected chi connectivity index (χ1v) is 8.93. The van der Waals surface area contributed by atoms with Crippen molar-refractivity contribution in [3.8, 4) is 0 Å². The van der Waals surface area contributed by atoms with E-state index >= 15 is 0 Å². The van der Waals surface area contributed by atoms with E-state index < -0.39 is 6.09 Å². The first kappa shape index (κ1) is 19.2. The molecule has 2 aromatic carbocycles. The summed E-state index contributed by atoms with van der Waals surface area (Å²) in [5.41, 5.74) is 4.28. The van der Waals surface area contributed by atoms with Crippen molar-refractivity contribution in [3.63, 3.8) is 0 Å². The van der Waals surface area contributed by atoms with Crippen molar-refractivity contribution in [1.29, 1.82) is 0 Å². The Kier molecular flexibility index (Phi) is 5.74. The van der Waals surface area contributed by atoms with Crippen LogP contribution in [0.3, 0.4) is 0 Å². The van der Waals surface area contributed by atoms with E-state index in [1.54, 1.807) is 37.4 Å². The summed E-state index contributed by atoms with van der Waals surface area (Å²) in [6.07, 6.45) is 2.00. The molecule has 0 radical (unpaired) electrons. The lowest BCUT2D eigenvalue weighted by Gasteiger charge is -2.13. The lowest BCUT2D eigenvalue weighted by Crippen LogP contribution is -2.22. The molecule has 7 nitrogen and oxygen atoms in total. The van der Waals surface area contributed by atoms with E-state index in [-0.39, 0.29) is 5.91 Å². The second-order valence-electron chi connectivity index (χ2n) is 6.18. The molecule has 7 heteroatoms. The molecule has 2 amide bonds. The Morgan fingerprint density at radius 3 is 2.75 bits per heavy atom. The Morgan fingerprint density at radius 1 is 1.21 bits per heavy atom. The van der Waals surface area contributed by atoms with Gasteiger partial charge in [0.1, 0.15) is 0 Å². The molecule has 0 aliphatic carbocycles. The largest absolute Gasteiger partial charge is 0.453 e. The number of anilines is 3. The van der Waals surface area contributed by atoms with Gasteiger partial charge < -0.3 is 10.1 Å². The maximum absolute atomic E-state index is 12.9. The zero-order chi connectivity index (χ0) is 20.1. The zero-order valence-electron chi connectivity index (χ0n) is 16.0. The number of ether oxygens (including phenoxy) is 1. The number of nitrogens with one attached hydrogen (secondary N) is 2. The second kappa shape index (κ2) is 8.39. The van der Waals surface area contributed by atoms with Gasteiger partial charge >= 0.3 is 6.09 Å². The van der Waals surface area contributed by atoms with E-state index in [9.17, 15) is 9.59 Å². The van der Waals surface area contributed by atoms with Gasteiger partial charge in [-0.25, -0.2) is 4.79 Å². The number of carbonyl (C=O) groups excluding carboxylic acids is 2. The molecule has 0 atom stereocenters. The molecule has 28 heavy (non-hydrogen) atoms. The van der Waals surface area contributed by atoms with E-state index in [2.05, 4.69) is 27.4 Å². The highest BCUT2D eigenvalue weighted by Gasteiger charge is 2.29. The number of methoxy groups -OCH3 is 1. The predicted molar refractivity (Wildman–Crippen MR) is 111 cm³/mol. The lowest BCUT2D eigenvalue weighted by atomic mass is 10.1. The number of nitrogens with zero attached hydrogens (tertiary/aromatic N) is 2. The molecule has 0 saturated carbocycles. The molecule has 1 aliphatic heterocycles. The van der Waals surface area contributed by atoms with Crippen molar-refractivity contribution in [1.82, 2.24) is 0 Å². The molecule has 0 bridgehead atoms. The van der Waals surface area contributed by atoms with Gasteiger partial charge in [0.15, 0.2) is 0 Å². The summed E-state index contributed by atoms with van der Waals surface area (Å²) in [4.78, 5) is 24.3. The van der Waals surface area contributed by atoms with Crippen LogP contribution in [0, 0.1) is 0 Å². The van der Waals surface area contributed by atoms with Gasteiger partial charge in [0.25, 0.3) is 5.91 Å². The first-order valence-electron chi connectivity index (χ1n) is 8.93. The van der Waals surface area contributed by atoms with Crippen molar-refractivity contribution < 1.29 is 14.3 Å². The van der Waals surface area contributed by atoms with Crippen LogP contribution in [0.25, 0.3) is 0 Å². The molecule has 0 fully saturated rings. The third kappa shape index (κ3) is 4.03. The number of hydrazone groups is 1. The summed E-state index contributed by atoms with van der Waals surface area (Å²) in [5, 5.41) is 11.5. The van der Waals surface area contributed by atoms with Gasteiger partial charge in [0, 0.05) is 17.6 Å². The van der Waals surface area contributed by atoms with Gasteiger partial charge in [0.2, 0.25) is 0 Å². The first-order chi connectivity index (χ1) is 13.5. The highest BCUT2D eigenvalue weighted by Crippen LogP contribution is 2.26. The zero-order valence-corrected chi connectivity index (χ0v) is 16.0. The average molecular weight is 378 g/mol. The van der Waals surface area contributed by atoms with Crippen LogP contribution < -0.4 is 15.6 Å². The van der Waals surface area contributed by atoms with Crippen molar-refractivity contribution >= 4 is 34.8 Å². The fourth-order valence-electron chi connectivity index (χ4n) is 2.86. The molecular formula is C21H22N4O3. The highest BCUT2D eigenvalue weighted by atomic mass is 16.5. The second-order valence-corrected chi connectivity index (χ2v) is 6.18. The molecule has 0 unspecified atom stereocenters. The Hall–Kier alpha value is -3.61. The number of carbonyl (C=O) groups is 2. The van der Waals surface area contributed by atoms with E-state index in [0.717, 1.165) is 17.7 Å². The van der Waals surface area contributed by atoms with Crippen LogP contribution in [0.4, 0.5) is 21.9 Å². The molecule has 2 aromatic rings. The van der Waals surface area contributed by atoms with Crippen molar-refractivity contribution in [2.24, 2.45) is 5.10 Å². The number of aryl methyl sites for hydroxylation is 1. The SMILES string of the molecule is CCc1ccccc1N/C=C1/C(=O)N(c2cccc(NC(=O)OC)c2)N=C1C. The Bertz CT molecular complexity index is 966. The molecule has 0 spiro atoms. The van der Waals surface area contributed by atoms with Gasteiger partial charge in [-0.3, -0.25) is 10.1 Å². The summed E-state index contributed by atoms with van der Waals surface area (Å²) in [6.45, 7) is 3.87. The lowest BCUT2D eigenvalue weighted by molar-refractivity contribution is -0.114. The molecular weight excluding hydrogens is 356 g/mol. The topological polar surface area (TPSA) is 83.0 Å². The highest BCUT2D eigenvalue weighted by molar-refractivity contribution is 6.29. The monoisotopic (exact) mass is 378 g/mol. The third-order valence-corrected chi connectivity index (χ3v) is 4.36. The fraction of sp³-hybridized carbons (Fsp3) is 0.190. The number of hydrogen-bond acceptors (Lipinski definition) is 5. The third-order valence-electron chi connectivity index (χ3n) is 4.36. The standard InChI is InChI=1S/C21H22N4O3/c1-4-15-8-5-6-11-19(15)22-13-18-14(2)24-25(20(18)26)17-10-7-9-16(12-17)23-21(27)28-3/h5-13,22H,4H2,1-3H3,(H,23,27)/b18-13+. The fourth-order valence-corrected chi connectivity index (χ4v) is 2.86. The number of amides is 2. The van der Waals surface area contributed by atoms with Crippen molar-refractivity contribution in [2.45, 2.75) is 20.3 Å². The number of para-hydroxylation sites is 1. The molecule has 1 aliphatic rings. The summed E-state index contributed by atoms with van der Waals surface area (Å²) in [6, 6.07) is 14.8. The maximum Gasteiger partial charge on any atom is 0.411 e. The Labute approximate surface area is 163 Å². The Balaban J connectivity index is 1.81. The molecule has 1 heterocycles. The van der Waals surface area contributed by atoms with Crippen molar-refractivity contribution in [2.75, 3.05) is 22.8 Å². The quantitative estimate of drug-likeness (QED) is 0.766. The maximum atomic E-state index is 12.9. The molecule has 0 saturated heterocycles. The summed E-state index contributed by atoms with van der Waals surface area (Å²) in [7, 11) is 1.29. The van der Waals surface area contributed by atoms with E-state index in [4.69, 9.17) is 0 Å². The van der Waals surface area contributed by atoms with Crippen LogP contribution in [-0.2, 0) is 16.0 Å². The summed E-state index contributed by atoms with van der Waals surface area (Å²) in [5.74, 6) is -0.241. The van der Waals surface area contributed by atoms with Crippen LogP contribution in [0.5, 0.6) is 0 Å². The van der Waals surface area contributed by atoms with Crippen molar-refractivity contribution in [3.05, 3.63) is 65.9 Å². The normalized spacial score (nSPS) is 14.8. The summed E-state index contributed by atoms with van der Waals surface area (Å²) < 4.78 is 4.59. The average Bonchev–Trinajstić information content (AvgIpc) is 3.00. The Morgan fingerprint density at radius 2 is 2.00 bits per heavy atom. The number of rotatable bonds is 5. The smallest absolute Gasteiger partial charge is 0.411 e. The van der Waals surface area contributed by atoms with Gasteiger partial charge in [-0.05, 0) is 43.2 Å². The minimum Gasteiger partial charge on any atom is -0.453 e. The van der Waals surface area contributed by atoms with E-state index in [1.165, 1.54) is 12.1 Å². The van der Waals surface area contributed by atoms with Crippen LogP contribution >= 0.6 is 0 Å².